The SMILES string of the molecule is Cc1cc(C)c(C(N)=O)c(N2CCCC2CCCN)n1. The maximum atomic E-state index is 11.8. The lowest BCUT2D eigenvalue weighted by molar-refractivity contribution is 0.1000. The first-order valence-electron chi connectivity index (χ1n) is 7.29. The summed E-state index contributed by atoms with van der Waals surface area (Å²) in [6.45, 7) is 5.51. The molecule has 0 aliphatic carbocycles. The number of aryl methyl sites for hydroxylation is 2. The van der Waals surface area contributed by atoms with Crippen LogP contribution in [0.5, 0.6) is 0 Å². The molecular formula is C15H24N4O. The van der Waals surface area contributed by atoms with Gasteiger partial charge in [-0.2, -0.15) is 0 Å². The van der Waals surface area contributed by atoms with E-state index in [1.807, 2.05) is 19.9 Å². The molecule has 0 aromatic carbocycles. The van der Waals surface area contributed by atoms with Crippen LogP contribution in [-0.2, 0) is 0 Å². The van der Waals surface area contributed by atoms with Gasteiger partial charge in [-0.05, 0) is 57.7 Å². The Morgan fingerprint density at radius 1 is 1.50 bits per heavy atom. The second-order valence-electron chi connectivity index (χ2n) is 5.56. The molecule has 2 heterocycles. The molecule has 0 saturated carbocycles. The van der Waals surface area contributed by atoms with Crippen LogP contribution >= 0.6 is 0 Å². The molecule has 2 rings (SSSR count). The molecule has 1 unspecified atom stereocenters. The summed E-state index contributed by atoms with van der Waals surface area (Å²) in [5.41, 5.74) is 13.6. The molecule has 0 bridgehead atoms. The number of hydrogen-bond donors (Lipinski definition) is 2. The van der Waals surface area contributed by atoms with Crippen molar-refractivity contribution in [2.24, 2.45) is 11.5 Å². The fourth-order valence-electron chi connectivity index (χ4n) is 3.10. The molecule has 4 N–H and O–H groups in total. The van der Waals surface area contributed by atoms with Crippen LogP contribution < -0.4 is 16.4 Å². The average Bonchev–Trinajstić information content (AvgIpc) is 2.82. The monoisotopic (exact) mass is 276 g/mol. The van der Waals surface area contributed by atoms with E-state index in [2.05, 4.69) is 9.88 Å². The van der Waals surface area contributed by atoms with Crippen LogP contribution in [0.3, 0.4) is 0 Å². The molecule has 1 aliphatic heterocycles. The summed E-state index contributed by atoms with van der Waals surface area (Å²) >= 11 is 0. The molecule has 1 amide bonds. The van der Waals surface area contributed by atoms with E-state index in [4.69, 9.17) is 11.5 Å². The Balaban J connectivity index is 2.37. The number of aromatic nitrogens is 1. The van der Waals surface area contributed by atoms with Crippen LogP contribution in [0.25, 0.3) is 0 Å². The molecule has 1 aromatic rings. The van der Waals surface area contributed by atoms with Gasteiger partial charge in [-0.15, -0.1) is 0 Å². The van der Waals surface area contributed by atoms with Crippen molar-refractivity contribution in [3.63, 3.8) is 0 Å². The predicted octanol–water partition coefficient (Wildman–Crippen LogP) is 1.51. The molecule has 1 aromatic heterocycles. The van der Waals surface area contributed by atoms with Crippen LogP contribution in [0.15, 0.2) is 6.07 Å². The summed E-state index contributed by atoms with van der Waals surface area (Å²) in [6, 6.07) is 2.33. The standard InChI is InChI=1S/C15H24N4O/c1-10-9-11(2)18-15(13(10)14(17)20)19-8-4-6-12(19)5-3-7-16/h9,12H,3-8,16H2,1-2H3,(H2,17,20). The van der Waals surface area contributed by atoms with Crippen molar-refractivity contribution >= 4 is 11.7 Å². The van der Waals surface area contributed by atoms with E-state index in [9.17, 15) is 4.79 Å². The zero-order valence-corrected chi connectivity index (χ0v) is 12.4. The second kappa shape index (κ2) is 6.22. The minimum Gasteiger partial charge on any atom is -0.365 e. The largest absolute Gasteiger partial charge is 0.365 e. The van der Waals surface area contributed by atoms with Crippen LogP contribution in [0.1, 0.15) is 47.3 Å². The van der Waals surface area contributed by atoms with Crippen LogP contribution in [0.2, 0.25) is 0 Å². The molecule has 0 radical (unpaired) electrons. The minimum absolute atomic E-state index is 0.394. The van der Waals surface area contributed by atoms with E-state index in [0.29, 0.717) is 18.2 Å². The van der Waals surface area contributed by atoms with Gasteiger partial charge in [0.1, 0.15) is 5.82 Å². The number of amides is 1. The Labute approximate surface area is 120 Å². The normalized spacial score (nSPS) is 18.6. The lowest BCUT2D eigenvalue weighted by Crippen LogP contribution is -2.33. The van der Waals surface area contributed by atoms with E-state index in [1.54, 1.807) is 0 Å². The first-order chi connectivity index (χ1) is 9.54. The Bertz CT molecular complexity index is 501. The van der Waals surface area contributed by atoms with Gasteiger partial charge in [-0.3, -0.25) is 4.79 Å². The number of primary amides is 1. The molecule has 5 nitrogen and oxygen atoms in total. The lowest BCUT2D eigenvalue weighted by atomic mass is 10.1. The van der Waals surface area contributed by atoms with Gasteiger partial charge >= 0.3 is 0 Å². The van der Waals surface area contributed by atoms with Crippen molar-refractivity contribution in [3.05, 3.63) is 22.9 Å². The summed E-state index contributed by atoms with van der Waals surface area (Å²) in [4.78, 5) is 18.6. The van der Waals surface area contributed by atoms with Crippen LogP contribution in [0.4, 0.5) is 5.82 Å². The zero-order chi connectivity index (χ0) is 14.7. The quantitative estimate of drug-likeness (QED) is 0.853. The van der Waals surface area contributed by atoms with Crippen LogP contribution in [0, 0.1) is 13.8 Å². The smallest absolute Gasteiger partial charge is 0.252 e. The van der Waals surface area contributed by atoms with E-state index in [-0.39, 0.29) is 0 Å². The van der Waals surface area contributed by atoms with Gasteiger partial charge in [0.2, 0.25) is 0 Å². The van der Waals surface area contributed by atoms with Crippen LogP contribution in [-0.4, -0.2) is 30.0 Å². The Morgan fingerprint density at radius 3 is 2.90 bits per heavy atom. The molecule has 1 aliphatic rings. The van der Waals surface area contributed by atoms with Crippen molar-refractivity contribution in [3.8, 4) is 0 Å². The third-order valence-electron chi connectivity index (χ3n) is 3.96. The number of nitrogens with zero attached hydrogens (tertiary/aromatic N) is 2. The van der Waals surface area contributed by atoms with E-state index in [0.717, 1.165) is 49.3 Å². The topological polar surface area (TPSA) is 85.2 Å². The number of carbonyl (C=O) groups is 1. The van der Waals surface area contributed by atoms with Crippen molar-refractivity contribution in [2.45, 2.75) is 45.6 Å². The van der Waals surface area contributed by atoms with Gasteiger partial charge in [0.15, 0.2) is 0 Å². The van der Waals surface area contributed by atoms with Gasteiger partial charge in [0.25, 0.3) is 5.91 Å². The first-order valence-corrected chi connectivity index (χ1v) is 7.29. The van der Waals surface area contributed by atoms with Gasteiger partial charge < -0.3 is 16.4 Å². The summed E-state index contributed by atoms with van der Waals surface area (Å²) in [5, 5.41) is 0. The minimum atomic E-state index is -0.394. The summed E-state index contributed by atoms with van der Waals surface area (Å²) in [6.07, 6.45) is 4.30. The summed E-state index contributed by atoms with van der Waals surface area (Å²) in [5.74, 6) is 0.365. The maximum Gasteiger partial charge on any atom is 0.252 e. The van der Waals surface area contributed by atoms with Gasteiger partial charge in [0, 0.05) is 18.3 Å². The highest BCUT2D eigenvalue weighted by Crippen LogP contribution is 2.30. The van der Waals surface area contributed by atoms with Crippen molar-refractivity contribution in [2.75, 3.05) is 18.0 Å². The molecule has 1 fully saturated rings. The Hall–Kier alpha value is -1.62. The third kappa shape index (κ3) is 2.93. The number of pyridine rings is 1. The van der Waals surface area contributed by atoms with Gasteiger partial charge in [0.05, 0.1) is 5.56 Å². The fraction of sp³-hybridized carbons (Fsp3) is 0.600. The van der Waals surface area contributed by atoms with E-state index >= 15 is 0 Å². The lowest BCUT2D eigenvalue weighted by Gasteiger charge is -2.28. The molecule has 5 heteroatoms. The molecule has 110 valence electrons. The molecular weight excluding hydrogens is 252 g/mol. The summed E-state index contributed by atoms with van der Waals surface area (Å²) in [7, 11) is 0. The number of hydrogen-bond acceptors (Lipinski definition) is 4. The highest BCUT2D eigenvalue weighted by molar-refractivity contribution is 5.99. The molecule has 1 saturated heterocycles. The van der Waals surface area contributed by atoms with E-state index in [1.165, 1.54) is 0 Å². The highest BCUT2D eigenvalue weighted by Gasteiger charge is 2.29. The third-order valence-corrected chi connectivity index (χ3v) is 3.96. The van der Waals surface area contributed by atoms with Crippen molar-refractivity contribution < 1.29 is 4.79 Å². The number of anilines is 1. The Kier molecular flexibility index (Phi) is 4.60. The second-order valence-corrected chi connectivity index (χ2v) is 5.56. The number of carbonyl (C=O) groups excluding carboxylic acids is 1. The molecule has 1 atom stereocenters. The van der Waals surface area contributed by atoms with E-state index < -0.39 is 5.91 Å². The molecule has 20 heavy (non-hydrogen) atoms. The van der Waals surface area contributed by atoms with Crippen molar-refractivity contribution in [1.29, 1.82) is 0 Å². The number of nitrogens with two attached hydrogens (primary N) is 2. The fourth-order valence-corrected chi connectivity index (χ4v) is 3.10. The highest BCUT2D eigenvalue weighted by atomic mass is 16.1. The Morgan fingerprint density at radius 2 is 2.25 bits per heavy atom. The van der Waals surface area contributed by atoms with Gasteiger partial charge in [-0.1, -0.05) is 0 Å². The van der Waals surface area contributed by atoms with Gasteiger partial charge in [-0.25, -0.2) is 4.98 Å². The average molecular weight is 276 g/mol. The predicted molar refractivity (Wildman–Crippen MR) is 80.9 cm³/mol. The maximum absolute atomic E-state index is 11.8. The number of rotatable bonds is 5. The zero-order valence-electron chi connectivity index (χ0n) is 12.4. The molecule has 0 spiro atoms. The van der Waals surface area contributed by atoms with Crippen molar-refractivity contribution in [1.82, 2.24) is 4.98 Å². The first kappa shape index (κ1) is 14.8. The summed E-state index contributed by atoms with van der Waals surface area (Å²) < 4.78 is 0.